The fourth-order valence-corrected chi connectivity index (χ4v) is 4.86. The number of para-hydroxylation sites is 1. The number of anilines is 1. The van der Waals surface area contributed by atoms with E-state index in [-0.39, 0.29) is 11.5 Å². The molecule has 1 N–H and O–H groups in total. The maximum Gasteiger partial charge on any atom is 0.266 e. The lowest BCUT2D eigenvalue weighted by Gasteiger charge is -2.07. The van der Waals surface area contributed by atoms with E-state index in [1.54, 1.807) is 19.2 Å². The van der Waals surface area contributed by atoms with Crippen LogP contribution in [0.3, 0.4) is 0 Å². The van der Waals surface area contributed by atoms with E-state index in [4.69, 9.17) is 11.6 Å². The third-order valence-corrected chi connectivity index (χ3v) is 6.84. The third-order valence-electron chi connectivity index (χ3n) is 5.27. The van der Waals surface area contributed by atoms with E-state index < -0.39 is 0 Å². The van der Waals surface area contributed by atoms with Crippen molar-refractivity contribution in [3.8, 4) is 0 Å². The molecule has 0 saturated heterocycles. The van der Waals surface area contributed by atoms with Crippen molar-refractivity contribution in [3.63, 3.8) is 0 Å². The van der Waals surface area contributed by atoms with Crippen molar-refractivity contribution in [2.75, 3.05) is 5.32 Å². The molecule has 2 aromatic carbocycles. The second kappa shape index (κ2) is 8.18. The van der Waals surface area contributed by atoms with E-state index >= 15 is 0 Å². The Morgan fingerprint density at radius 3 is 2.75 bits per heavy atom. The van der Waals surface area contributed by atoms with Crippen LogP contribution >= 0.6 is 22.9 Å². The molecule has 0 spiro atoms. The van der Waals surface area contributed by atoms with Gasteiger partial charge < -0.3 is 5.32 Å². The van der Waals surface area contributed by atoms with Crippen LogP contribution in [0.1, 0.15) is 20.8 Å². The molecule has 6 nitrogen and oxygen atoms in total. The van der Waals surface area contributed by atoms with Crippen molar-refractivity contribution in [2.24, 2.45) is 0 Å². The number of amides is 1. The monoisotopic (exact) mass is 460 g/mol. The minimum atomic E-state index is -0.292. The van der Waals surface area contributed by atoms with E-state index in [0.29, 0.717) is 37.9 Å². The molecule has 0 radical (unpaired) electrons. The zero-order valence-electron chi connectivity index (χ0n) is 17.0. The van der Waals surface area contributed by atoms with Crippen LogP contribution in [0.25, 0.3) is 21.1 Å². The number of thiophene rings is 1. The van der Waals surface area contributed by atoms with Gasteiger partial charge in [-0.15, -0.1) is 11.3 Å². The topological polar surface area (TPSA) is 76.9 Å². The smallest absolute Gasteiger partial charge is 0.266 e. The summed E-state index contributed by atoms with van der Waals surface area (Å²) in [4.78, 5) is 35.9. The largest absolute Gasteiger partial charge is 0.320 e. The molecule has 3 aromatic heterocycles. The molecule has 0 unspecified atom stereocenters. The molecular weight excluding hydrogens is 444 g/mol. The van der Waals surface area contributed by atoms with Crippen molar-refractivity contribution >= 4 is 55.7 Å². The molecule has 5 aromatic rings. The molecule has 158 valence electrons. The molecule has 0 bridgehead atoms. The van der Waals surface area contributed by atoms with Gasteiger partial charge in [0, 0.05) is 10.4 Å². The van der Waals surface area contributed by atoms with E-state index in [1.165, 1.54) is 22.2 Å². The molecule has 8 heteroatoms. The summed E-state index contributed by atoms with van der Waals surface area (Å²) in [6, 6.07) is 16.9. The average molecular weight is 461 g/mol. The number of pyridine rings is 1. The Morgan fingerprint density at radius 1 is 1.12 bits per heavy atom. The van der Waals surface area contributed by atoms with Crippen molar-refractivity contribution in [2.45, 2.75) is 13.5 Å². The maximum absolute atomic E-state index is 13.2. The predicted octanol–water partition coefficient (Wildman–Crippen LogP) is 5.27. The predicted molar refractivity (Wildman–Crippen MR) is 129 cm³/mol. The van der Waals surface area contributed by atoms with Gasteiger partial charge in [-0.2, -0.15) is 0 Å². The number of rotatable bonds is 4. The zero-order valence-corrected chi connectivity index (χ0v) is 18.6. The Hall–Kier alpha value is -3.55. The number of fused-ring (bicyclic) bond motifs is 2. The van der Waals surface area contributed by atoms with Gasteiger partial charge >= 0.3 is 0 Å². The summed E-state index contributed by atoms with van der Waals surface area (Å²) in [5.74, 6) is -0.292. The quantitative estimate of drug-likeness (QED) is 0.396. The number of carbonyl (C=O) groups excluding carboxylic acids is 1. The number of aryl methyl sites for hydroxylation is 1. The summed E-state index contributed by atoms with van der Waals surface area (Å²) >= 11 is 7.45. The van der Waals surface area contributed by atoms with E-state index in [0.717, 1.165) is 16.5 Å². The van der Waals surface area contributed by atoms with Gasteiger partial charge in [0.05, 0.1) is 40.5 Å². The van der Waals surface area contributed by atoms with Gasteiger partial charge in [0.1, 0.15) is 4.83 Å². The summed E-state index contributed by atoms with van der Waals surface area (Å²) in [7, 11) is 0. The molecule has 0 aliphatic heterocycles. The number of benzene rings is 2. The molecular formula is C24H17ClN4O2S. The molecule has 0 aliphatic rings. The molecule has 0 aliphatic carbocycles. The number of halogens is 1. The number of carbonyl (C=O) groups is 1. The lowest BCUT2D eigenvalue weighted by molar-refractivity contribution is 0.103. The minimum Gasteiger partial charge on any atom is -0.320 e. The van der Waals surface area contributed by atoms with Crippen LogP contribution < -0.4 is 10.9 Å². The minimum absolute atomic E-state index is 0.199. The zero-order chi connectivity index (χ0) is 22.2. The first-order valence-corrected chi connectivity index (χ1v) is 11.1. The van der Waals surface area contributed by atoms with Gasteiger partial charge in [0.2, 0.25) is 0 Å². The SMILES string of the molecule is Cc1c(C(=O)Nc2cnc3ccccc3c2)sc2ncn(Cc3ccccc3Cl)c(=O)c12. The van der Waals surface area contributed by atoms with E-state index in [2.05, 4.69) is 15.3 Å². The molecule has 0 fully saturated rings. The van der Waals surface area contributed by atoms with Crippen LogP contribution in [0.5, 0.6) is 0 Å². The third kappa shape index (κ3) is 3.66. The fourth-order valence-electron chi connectivity index (χ4n) is 3.63. The number of nitrogens with zero attached hydrogens (tertiary/aromatic N) is 3. The van der Waals surface area contributed by atoms with Gasteiger partial charge in [-0.3, -0.25) is 19.1 Å². The van der Waals surface area contributed by atoms with Gasteiger partial charge in [-0.05, 0) is 36.2 Å². The highest BCUT2D eigenvalue weighted by atomic mass is 35.5. The fraction of sp³-hybridized carbons (Fsp3) is 0.0833. The van der Waals surface area contributed by atoms with E-state index in [1.807, 2.05) is 48.5 Å². The second-order valence-electron chi connectivity index (χ2n) is 7.38. The number of aromatic nitrogens is 3. The van der Waals surface area contributed by atoms with Crippen molar-refractivity contribution < 1.29 is 4.79 Å². The van der Waals surface area contributed by atoms with Crippen LogP contribution in [0.2, 0.25) is 5.02 Å². The molecule has 0 saturated carbocycles. The maximum atomic E-state index is 13.2. The van der Waals surface area contributed by atoms with Gasteiger partial charge in [-0.25, -0.2) is 4.98 Å². The van der Waals surface area contributed by atoms with Gasteiger partial charge in [-0.1, -0.05) is 48.0 Å². The number of nitrogens with one attached hydrogen (secondary N) is 1. The Bertz CT molecular complexity index is 1560. The summed E-state index contributed by atoms with van der Waals surface area (Å²) in [6.07, 6.45) is 3.12. The van der Waals surface area contributed by atoms with Crippen molar-refractivity contribution in [3.05, 3.63) is 98.5 Å². The molecule has 1 amide bonds. The average Bonchev–Trinajstić information content (AvgIpc) is 3.14. The number of hydrogen-bond acceptors (Lipinski definition) is 5. The second-order valence-corrected chi connectivity index (χ2v) is 8.78. The Morgan fingerprint density at radius 2 is 1.91 bits per heavy atom. The molecule has 5 rings (SSSR count). The highest BCUT2D eigenvalue weighted by Crippen LogP contribution is 2.28. The normalized spacial score (nSPS) is 11.2. The van der Waals surface area contributed by atoms with Crippen molar-refractivity contribution in [1.29, 1.82) is 0 Å². The standard InChI is InChI=1S/C24H17ClN4O2S/c1-14-20-23(27-13-29(24(20)31)12-16-7-2-4-8-18(16)25)32-21(14)22(30)28-17-10-15-6-3-5-9-19(15)26-11-17/h2-11,13H,12H2,1H3,(H,28,30). The van der Waals surface area contributed by atoms with Gasteiger partial charge in [0.25, 0.3) is 11.5 Å². The first-order valence-electron chi connectivity index (χ1n) is 9.89. The van der Waals surface area contributed by atoms with Crippen LogP contribution in [-0.4, -0.2) is 20.4 Å². The summed E-state index contributed by atoms with van der Waals surface area (Å²) in [6.45, 7) is 2.08. The van der Waals surface area contributed by atoms with Crippen LogP contribution in [-0.2, 0) is 6.54 Å². The summed E-state index contributed by atoms with van der Waals surface area (Å²) in [5.41, 5.74) is 2.69. The summed E-state index contributed by atoms with van der Waals surface area (Å²) in [5, 5.41) is 4.86. The first-order chi connectivity index (χ1) is 15.5. The number of hydrogen-bond donors (Lipinski definition) is 1. The Labute approximate surface area is 192 Å². The van der Waals surface area contributed by atoms with Crippen LogP contribution in [0.15, 0.2) is 71.9 Å². The molecule has 3 heterocycles. The first kappa shape index (κ1) is 20.4. The highest BCUT2D eigenvalue weighted by molar-refractivity contribution is 7.20. The van der Waals surface area contributed by atoms with E-state index in [9.17, 15) is 9.59 Å². The lowest BCUT2D eigenvalue weighted by Crippen LogP contribution is -2.21. The highest BCUT2D eigenvalue weighted by Gasteiger charge is 2.20. The summed E-state index contributed by atoms with van der Waals surface area (Å²) < 4.78 is 1.51. The lowest BCUT2D eigenvalue weighted by atomic mass is 10.2. The molecule has 32 heavy (non-hydrogen) atoms. The molecule has 0 atom stereocenters. The van der Waals surface area contributed by atoms with Gasteiger partial charge in [0.15, 0.2) is 0 Å². The van der Waals surface area contributed by atoms with Crippen LogP contribution in [0.4, 0.5) is 5.69 Å². The van der Waals surface area contributed by atoms with Crippen molar-refractivity contribution in [1.82, 2.24) is 14.5 Å². The van der Waals surface area contributed by atoms with Crippen LogP contribution in [0, 0.1) is 6.92 Å². The Kier molecular flexibility index (Phi) is 5.20. The Balaban J connectivity index is 1.48.